The molecule has 0 saturated heterocycles. The minimum Gasteiger partial charge on any atom is -0.507 e. The second-order valence-electron chi connectivity index (χ2n) is 3.92. The summed E-state index contributed by atoms with van der Waals surface area (Å²) < 4.78 is 0. The molecule has 2 heteroatoms. The summed E-state index contributed by atoms with van der Waals surface area (Å²) in [5, 5.41) is 9.35. The van der Waals surface area contributed by atoms with E-state index in [4.69, 9.17) is 0 Å². The fraction of sp³-hybridized carbons (Fsp3) is 0.417. The van der Waals surface area contributed by atoms with Crippen molar-refractivity contribution in [2.45, 2.75) is 31.6 Å². The van der Waals surface area contributed by atoms with Gasteiger partial charge in [0.1, 0.15) is 5.75 Å². The molecule has 0 aliphatic heterocycles. The average molecular weight is 190 g/mol. The number of phenolic OH excluding ortho intramolecular Hbond substituents is 1. The second kappa shape index (κ2) is 3.82. The van der Waals surface area contributed by atoms with Gasteiger partial charge in [-0.3, -0.25) is 4.79 Å². The molecule has 14 heavy (non-hydrogen) atoms. The molecule has 2 nitrogen and oxygen atoms in total. The number of rotatable bonds is 2. The van der Waals surface area contributed by atoms with Gasteiger partial charge in [-0.1, -0.05) is 18.9 Å². The summed E-state index contributed by atoms with van der Waals surface area (Å²) in [6, 6.07) is 5.37. The Bertz CT molecular complexity index is 338. The van der Waals surface area contributed by atoms with Gasteiger partial charge < -0.3 is 5.11 Å². The van der Waals surface area contributed by atoms with Gasteiger partial charge in [-0.2, -0.15) is 0 Å². The largest absolute Gasteiger partial charge is 0.507 e. The first-order valence-electron chi connectivity index (χ1n) is 5.09. The van der Waals surface area contributed by atoms with Crippen LogP contribution in [0.15, 0.2) is 18.2 Å². The van der Waals surface area contributed by atoms with Crippen molar-refractivity contribution in [3.63, 3.8) is 0 Å². The van der Waals surface area contributed by atoms with Gasteiger partial charge >= 0.3 is 0 Å². The van der Waals surface area contributed by atoms with Crippen LogP contribution in [0.5, 0.6) is 5.75 Å². The van der Waals surface area contributed by atoms with E-state index in [1.54, 1.807) is 6.07 Å². The molecule has 0 radical (unpaired) electrons. The molecule has 2 rings (SSSR count). The molecule has 1 aromatic rings. The molecule has 0 bridgehead atoms. The van der Waals surface area contributed by atoms with E-state index in [-0.39, 0.29) is 5.75 Å². The zero-order chi connectivity index (χ0) is 9.97. The molecule has 1 aromatic carbocycles. The highest BCUT2D eigenvalue weighted by molar-refractivity contribution is 5.79. The average Bonchev–Trinajstić information content (AvgIpc) is 2.71. The van der Waals surface area contributed by atoms with Crippen LogP contribution in [-0.2, 0) is 0 Å². The van der Waals surface area contributed by atoms with Gasteiger partial charge in [0.05, 0.1) is 5.56 Å². The second-order valence-corrected chi connectivity index (χ2v) is 3.92. The van der Waals surface area contributed by atoms with Crippen molar-refractivity contribution >= 4 is 6.29 Å². The smallest absolute Gasteiger partial charge is 0.153 e. The standard InChI is InChI=1S/C12H14O2/c13-8-11-7-10(5-6-12(11)14)9-3-1-2-4-9/h5-9,14H,1-4H2. The number of aromatic hydroxyl groups is 1. The molecule has 0 spiro atoms. The molecule has 0 heterocycles. The Morgan fingerprint density at radius 2 is 2.00 bits per heavy atom. The maximum atomic E-state index is 10.6. The Hall–Kier alpha value is -1.31. The van der Waals surface area contributed by atoms with Crippen LogP contribution in [0.2, 0.25) is 0 Å². The molecule has 1 saturated carbocycles. The third-order valence-corrected chi connectivity index (χ3v) is 3.01. The summed E-state index contributed by atoms with van der Waals surface area (Å²) >= 11 is 0. The van der Waals surface area contributed by atoms with Crippen LogP contribution < -0.4 is 0 Å². The van der Waals surface area contributed by atoms with Gasteiger partial charge in [0, 0.05) is 0 Å². The summed E-state index contributed by atoms with van der Waals surface area (Å²) in [7, 11) is 0. The first kappa shape index (κ1) is 9.25. The van der Waals surface area contributed by atoms with Crippen LogP contribution in [-0.4, -0.2) is 11.4 Å². The molecule has 0 amide bonds. The van der Waals surface area contributed by atoms with E-state index in [2.05, 4.69) is 0 Å². The van der Waals surface area contributed by atoms with Crippen LogP contribution in [0.1, 0.15) is 47.5 Å². The first-order chi connectivity index (χ1) is 6.81. The van der Waals surface area contributed by atoms with Gasteiger partial charge in [0.25, 0.3) is 0 Å². The molecular formula is C12H14O2. The van der Waals surface area contributed by atoms with E-state index in [0.29, 0.717) is 17.8 Å². The lowest BCUT2D eigenvalue weighted by atomic mass is 9.96. The number of benzene rings is 1. The monoisotopic (exact) mass is 190 g/mol. The minimum absolute atomic E-state index is 0.0850. The van der Waals surface area contributed by atoms with Gasteiger partial charge in [-0.05, 0) is 36.5 Å². The Morgan fingerprint density at radius 3 is 2.64 bits per heavy atom. The van der Waals surface area contributed by atoms with Crippen molar-refractivity contribution < 1.29 is 9.90 Å². The van der Waals surface area contributed by atoms with Crippen molar-refractivity contribution in [1.82, 2.24) is 0 Å². The van der Waals surface area contributed by atoms with E-state index in [1.165, 1.54) is 31.2 Å². The maximum Gasteiger partial charge on any atom is 0.153 e. The van der Waals surface area contributed by atoms with E-state index >= 15 is 0 Å². The molecule has 1 fully saturated rings. The lowest BCUT2D eigenvalue weighted by Crippen LogP contribution is -1.93. The van der Waals surface area contributed by atoms with Crippen molar-refractivity contribution in [3.8, 4) is 5.75 Å². The van der Waals surface area contributed by atoms with E-state index < -0.39 is 0 Å². The Balaban J connectivity index is 2.30. The molecular weight excluding hydrogens is 176 g/mol. The fourth-order valence-corrected chi connectivity index (χ4v) is 2.18. The van der Waals surface area contributed by atoms with Crippen molar-refractivity contribution in [1.29, 1.82) is 0 Å². The summed E-state index contributed by atoms with van der Waals surface area (Å²) in [5.74, 6) is 0.677. The summed E-state index contributed by atoms with van der Waals surface area (Å²) in [6.07, 6.45) is 5.70. The number of carbonyl (C=O) groups is 1. The van der Waals surface area contributed by atoms with Crippen molar-refractivity contribution in [3.05, 3.63) is 29.3 Å². The quantitative estimate of drug-likeness (QED) is 0.728. The first-order valence-corrected chi connectivity index (χ1v) is 5.09. The summed E-state index contributed by atoms with van der Waals surface area (Å²) in [6.45, 7) is 0. The highest BCUT2D eigenvalue weighted by Crippen LogP contribution is 2.35. The Kier molecular flexibility index (Phi) is 2.53. The molecule has 74 valence electrons. The highest BCUT2D eigenvalue weighted by Gasteiger charge is 2.17. The minimum atomic E-state index is 0.0850. The van der Waals surface area contributed by atoms with E-state index in [9.17, 15) is 9.90 Å². The lowest BCUT2D eigenvalue weighted by molar-refractivity contribution is 0.112. The maximum absolute atomic E-state index is 10.6. The van der Waals surface area contributed by atoms with Gasteiger partial charge in [0.15, 0.2) is 6.29 Å². The molecule has 0 aromatic heterocycles. The van der Waals surface area contributed by atoms with Crippen LogP contribution in [0.3, 0.4) is 0 Å². The van der Waals surface area contributed by atoms with Gasteiger partial charge in [-0.25, -0.2) is 0 Å². The highest BCUT2D eigenvalue weighted by atomic mass is 16.3. The third kappa shape index (κ3) is 1.65. The Labute approximate surface area is 83.6 Å². The molecule has 1 aliphatic carbocycles. The van der Waals surface area contributed by atoms with Gasteiger partial charge in [-0.15, -0.1) is 0 Å². The number of hydrogen-bond acceptors (Lipinski definition) is 2. The topological polar surface area (TPSA) is 37.3 Å². The summed E-state index contributed by atoms with van der Waals surface area (Å²) in [5.41, 5.74) is 1.61. The van der Waals surface area contributed by atoms with Crippen LogP contribution in [0.25, 0.3) is 0 Å². The van der Waals surface area contributed by atoms with Crippen LogP contribution in [0.4, 0.5) is 0 Å². The van der Waals surface area contributed by atoms with Gasteiger partial charge in [0.2, 0.25) is 0 Å². The third-order valence-electron chi connectivity index (χ3n) is 3.01. The zero-order valence-electron chi connectivity index (χ0n) is 8.07. The normalized spacial score (nSPS) is 17.1. The van der Waals surface area contributed by atoms with Crippen LogP contribution in [0, 0.1) is 0 Å². The Morgan fingerprint density at radius 1 is 1.29 bits per heavy atom. The molecule has 1 aliphatic rings. The van der Waals surface area contributed by atoms with Crippen molar-refractivity contribution in [2.24, 2.45) is 0 Å². The lowest BCUT2D eigenvalue weighted by Gasteiger charge is -2.10. The fourth-order valence-electron chi connectivity index (χ4n) is 2.18. The number of carbonyl (C=O) groups excluding carboxylic acids is 1. The van der Waals surface area contributed by atoms with E-state index in [1.807, 2.05) is 12.1 Å². The van der Waals surface area contributed by atoms with Crippen molar-refractivity contribution in [2.75, 3.05) is 0 Å². The SMILES string of the molecule is O=Cc1cc(C2CCCC2)ccc1O. The predicted octanol–water partition coefficient (Wildman–Crippen LogP) is 2.86. The zero-order valence-corrected chi connectivity index (χ0v) is 8.07. The number of aldehydes is 1. The number of hydrogen-bond donors (Lipinski definition) is 1. The summed E-state index contributed by atoms with van der Waals surface area (Å²) in [4.78, 5) is 10.6. The van der Waals surface area contributed by atoms with Crippen LogP contribution >= 0.6 is 0 Å². The number of phenols is 1. The molecule has 1 N–H and O–H groups in total. The predicted molar refractivity (Wildman–Crippen MR) is 54.7 cm³/mol. The molecule has 0 unspecified atom stereocenters. The molecule has 0 atom stereocenters. The van der Waals surface area contributed by atoms with E-state index in [0.717, 1.165) is 0 Å².